The number of hydrogen-bond acceptors (Lipinski definition) is 6. The molecule has 1 saturated carbocycles. The van der Waals surface area contributed by atoms with Crippen LogP contribution in [0.1, 0.15) is 94.1 Å². The summed E-state index contributed by atoms with van der Waals surface area (Å²) < 4.78 is 55.6. The molecule has 0 bridgehead atoms. The van der Waals surface area contributed by atoms with E-state index in [4.69, 9.17) is 0 Å². The summed E-state index contributed by atoms with van der Waals surface area (Å²) in [6.45, 7) is 18.1. The standard InChI is InChI=1S/C40H58F4N6O6/c1-37(2,3)26(20-49-28(51)17-39(7,8)18-29(49)52)47-36(56)48-32(38(4,5)6)35(55)50-19-22-30(40(22,9)10)31(50)34(54)46-25(16-27(43)44)33(53)45-15-14-21-23(41)12-11-13-24(21)42/h11-13,22,25-27,30-32H,14-20H2,1-10H3,(H,45,53)(H,46,54)(H2,47,48,56)/t22-,25-,26+,30-,31-,32+/m0/s1. The molecule has 2 aliphatic heterocycles. The number of likely N-dealkylation sites (tertiary alicyclic amines) is 2. The van der Waals surface area contributed by atoms with Gasteiger partial charge in [0.1, 0.15) is 29.8 Å². The van der Waals surface area contributed by atoms with Crippen LogP contribution in [0.25, 0.3) is 0 Å². The summed E-state index contributed by atoms with van der Waals surface area (Å²) in [6, 6.07) is -2.18. The van der Waals surface area contributed by atoms with E-state index in [1.165, 1.54) is 15.9 Å². The Kier molecular flexibility index (Phi) is 13.0. The van der Waals surface area contributed by atoms with Gasteiger partial charge < -0.3 is 26.2 Å². The van der Waals surface area contributed by atoms with Crippen LogP contribution in [0.15, 0.2) is 18.2 Å². The number of urea groups is 1. The molecular formula is C40H58F4N6O6. The highest BCUT2D eigenvalue weighted by Gasteiger charge is 2.70. The number of carbonyl (C=O) groups is 6. The third-order valence-electron chi connectivity index (χ3n) is 11.5. The third-order valence-corrected chi connectivity index (χ3v) is 11.5. The number of hydrogen-bond donors (Lipinski definition) is 4. The van der Waals surface area contributed by atoms with Crippen LogP contribution in [0, 0.1) is 45.1 Å². The van der Waals surface area contributed by atoms with E-state index in [-0.39, 0.29) is 73.5 Å². The quantitative estimate of drug-likeness (QED) is 0.170. The molecule has 1 aliphatic carbocycles. The van der Waals surface area contributed by atoms with Gasteiger partial charge in [-0.15, -0.1) is 0 Å². The van der Waals surface area contributed by atoms with Crippen molar-refractivity contribution in [1.29, 1.82) is 0 Å². The number of nitrogens with one attached hydrogen (secondary N) is 4. The number of nitrogens with zero attached hydrogens (tertiary/aromatic N) is 2. The molecule has 0 aromatic heterocycles. The van der Waals surface area contributed by atoms with Gasteiger partial charge in [0.2, 0.25) is 36.0 Å². The molecular weight excluding hydrogens is 736 g/mol. The number of piperidine rings is 2. The highest BCUT2D eigenvalue weighted by atomic mass is 19.3. The summed E-state index contributed by atoms with van der Waals surface area (Å²) in [6.07, 6.45) is -3.95. The molecule has 16 heteroatoms. The number of halogens is 4. The van der Waals surface area contributed by atoms with Crippen molar-refractivity contribution in [3.05, 3.63) is 35.4 Å². The Hall–Kier alpha value is -4.24. The summed E-state index contributed by atoms with van der Waals surface area (Å²) in [5, 5.41) is 10.4. The fraction of sp³-hybridized carbons (Fsp3) is 0.700. The third kappa shape index (κ3) is 10.2. The van der Waals surface area contributed by atoms with Crippen LogP contribution in [0.5, 0.6) is 0 Å². The van der Waals surface area contributed by atoms with Crippen LogP contribution < -0.4 is 21.3 Å². The lowest BCUT2D eigenvalue weighted by molar-refractivity contribution is -0.153. The lowest BCUT2D eigenvalue weighted by atomic mass is 9.80. The van der Waals surface area contributed by atoms with Crippen molar-refractivity contribution < 1.29 is 46.3 Å². The molecule has 1 aromatic carbocycles. The van der Waals surface area contributed by atoms with Crippen LogP contribution in [0.4, 0.5) is 22.4 Å². The minimum Gasteiger partial charge on any atom is -0.354 e. The van der Waals surface area contributed by atoms with Crippen molar-refractivity contribution >= 4 is 35.6 Å². The molecule has 0 unspecified atom stereocenters. The van der Waals surface area contributed by atoms with E-state index in [0.29, 0.717) is 0 Å². The maximum Gasteiger partial charge on any atom is 0.315 e. The molecule has 6 atom stereocenters. The zero-order chi connectivity index (χ0) is 42.3. The van der Waals surface area contributed by atoms with E-state index in [1.54, 1.807) is 20.8 Å². The Balaban J connectivity index is 1.50. The molecule has 12 nitrogen and oxygen atoms in total. The number of benzene rings is 1. The van der Waals surface area contributed by atoms with Crippen molar-refractivity contribution in [3.63, 3.8) is 0 Å². The van der Waals surface area contributed by atoms with Crippen LogP contribution in [-0.4, -0.2) is 95.6 Å². The Bertz CT molecular complexity index is 1670. The van der Waals surface area contributed by atoms with E-state index in [9.17, 15) is 46.3 Å². The first-order chi connectivity index (χ1) is 25.7. The maximum absolute atomic E-state index is 14.4. The summed E-state index contributed by atoms with van der Waals surface area (Å²) in [7, 11) is 0. The Morgan fingerprint density at radius 3 is 1.96 bits per heavy atom. The van der Waals surface area contributed by atoms with Gasteiger partial charge >= 0.3 is 6.03 Å². The van der Waals surface area contributed by atoms with Crippen molar-refractivity contribution in [2.75, 3.05) is 19.6 Å². The van der Waals surface area contributed by atoms with Gasteiger partial charge in [-0.3, -0.25) is 28.9 Å². The predicted octanol–water partition coefficient (Wildman–Crippen LogP) is 4.55. The lowest BCUT2D eigenvalue weighted by Gasteiger charge is -2.40. The van der Waals surface area contributed by atoms with Gasteiger partial charge in [-0.05, 0) is 52.0 Å². The fourth-order valence-electron chi connectivity index (χ4n) is 7.96. The van der Waals surface area contributed by atoms with Gasteiger partial charge in [0.15, 0.2) is 0 Å². The SMILES string of the molecule is CC1(C)CC(=O)N(C[C@@H](NC(=O)N[C@H](C(=O)N2C[C@H]3[C@@H]([C@H]2C(=O)N[C@@H](CC(F)F)C(=O)NCCc2c(F)cccc2F)C3(C)C)C(C)(C)C)C(C)(C)C)C(=O)C1. The second kappa shape index (κ2) is 16.3. The summed E-state index contributed by atoms with van der Waals surface area (Å²) in [5.41, 5.74) is -2.66. The highest BCUT2D eigenvalue weighted by molar-refractivity contribution is 5.99. The van der Waals surface area contributed by atoms with Gasteiger partial charge in [-0.2, -0.15) is 0 Å². The van der Waals surface area contributed by atoms with Crippen molar-refractivity contribution in [2.24, 2.45) is 33.5 Å². The van der Waals surface area contributed by atoms with Gasteiger partial charge in [-0.25, -0.2) is 22.4 Å². The average Bonchev–Trinajstić information content (AvgIpc) is 3.34. The first-order valence-corrected chi connectivity index (χ1v) is 19.2. The van der Waals surface area contributed by atoms with Crippen LogP contribution in [0.3, 0.4) is 0 Å². The summed E-state index contributed by atoms with van der Waals surface area (Å²) in [5.74, 6) is -5.20. The van der Waals surface area contributed by atoms with Crippen LogP contribution in [-0.2, 0) is 30.4 Å². The molecule has 4 rings (SSSR count). The first-order valence-electron chi connectivity index (χ1n) is 19.2. The fourth-order valence-corrected chi connectivity index (χ4v) is 7.96. The number of carbonyl (C=O) groups excluding carboxylic acids is 6. The zero-order valence-corrected chi connectivity index (χ0v) is 34.1. The number of imide groups is 1. The maximum atomic E-state index is 14.4. The molecule has 3 fully saturated rings. The molecule has 2 saturated heterocycles. The topological polar surface area (TPSA) is 157 Å². The predicted molar refractivity (Wildman–Crippen MR) is 200 cm³/mol. The molecule has 312 valence electrons. The van der Waals surface area contributed by atoms with Gasteiger partial charge in [-0.1, -0.05) is 75.3 Å². The molecule has 7 amide bonds. The Labute approximate surface area is 326 Å². The van der Waals surface area contributed by atoms with E-state index in [2.05, 4.69) is 21.3 Å². The molecule has 56 heavy (non-hydrogen) atoms. The largest absolute Gasteiger partial charge is 0.354 e. The van der Waals surface area contributed by atoms with Gasteiger partial charge in [0.25, 0.3) is 0 Å². The normalized spacial score (nSPS) is 23.2. The van der Waals surface area contributed by atoms with E-state index in [1.807, 2.05) is 48.5 Å². The van der Waals surface area contributed by atoms with E-state index in [0.717, 1.165) is 12.1 Å². The number of fused-ring (bicyclic) bond motifs is 1. The molecule has 1 aromatic rings. The minimum atomic E-state index is -3.00. The molecule has 0 radical (unpaired) electrons. The van der Waals surface area contributed by atoms with E-state index >= 15 is 0 Å². The van der Waals surface area contributed by atoms with Crippen molar-refractivity contribution in [3.8, 4) is 0 Å². The second-order valence-electron chi connectivity index (χ2n) is 19.1. The zero-order valence-electron chi connectivity index (χ0n) is 34.1. The number of amides is 7. The summed E-state index contributed by atoms with van der Waals surface area (Å²) >= 11 is 0. The van der Waals surface area contributed by atoms with Gasteiger partial charge in [0.05, 0.1) is 6.04 Å². The second-order valence-corrected chi connectivity index (χ2v) is 19.1. The highest BCUT2D eigenvalue weighted by Crippen LogP contribution is 2.65. The Morgan fingerprint density at radius 2 is 1.45 bits per heavy atom. The molecule has 0 spiro atoms. The molecule has 4 N–H and O–H groups in total. The van der Waals surface area contributed by atoms with Gasteiger partial charge in [0, 0.05) is 44.5 Å². The monoisotopic (exact) mass is 794 g/mol. The first kappa shape index (κ1) is 44.5. The average molecular weight is 795 g/mol. The van der Waals surface area contributed by atoms with Crippen LogP contribution in [0.2, 0.25) is 0 Å². The molecule has 2 heterocycles. The van der Waals surface area contributed by atoms with Crippen molar-refractivity contribution in [1.82, 2.24) is 31.1 Å². The molecule has 3 aliphatic rings. The number of rotatable bonds is 13. The van der Waals surface area contributed by atoms with Crippen LogP contribution >= 0.6 is 0 Å². The number of alkyl halides is 2. The Morgan fingerprint density at radius 1 is 0.875 bits per heavy atom. The van der Waals surface area contributed by atoms with E-state index < -0.39 is 88.6 Å². The summed E-state index contributed by atoms with van der Waals surface area (Å²) in [4.78, 5) is 83.7. The smallest absolute Gasteiger partial charge is 0.315 e. The van der Waals surface area contributed by atoms with Crippen molar-refractivity contribution in [2.45, 2.75) is 126 Å². The minimum absolute atomic E-state index is 0.0704. The lowest BCUT2D eigenvalue weighted by Crippen LogP contribution is -2.63.